The molecule has 0 bridgehead atoms. The van der Waals surface area contributed by atoms with Crippen molar-refractivity contribution in [1.82, 2.24) is 5.32 Å². The van der Waals surface area contributed by atoms with Crippen LogP contribution < -0.4 is 5.32 Å². The van der Waals surface area contributed by atoms with Gasteiger partial charge in [0.05, 0.1) is 6.61 Å². The SMILES string of the molecule is CC(C)(C)C1CCCC(CO)(NC2CCCCCC2)CC1. The van der Waals surface area contributed by atoms with Crippen molar-refractivity contribution >= 4 is 0 Å². The van der Waals surface area contributed by atoms with Gasteiger partial charge in [0.25, 0.3) is 0 Å². The zero-order valence-electron chi connectivity index (χ0n) is 14.6. The first-order valence-corrected chi connectivity index (χ1v) is 9.34. The third kappa shape index (κ3) is 4.96. The van der Waals surface area contributed by atoms with Gasteiger partial charge in [-0.3, -0.25) is 0 Å². The van der Waals surface area contributed by atoms with Crippen LogP contribution in [0.25, 0.3) is 0 Å². The van der Waals surface area contributed by atoms with Gasteiger partial charge in [-0.05, 0) is 49.9 Å². The Labute approximate surface area is 132 Å². The van der Waals surface area contributed by atoms with Gasteiger partial charge in [0, 0.05) is 11.6 Å². The molecular weight excluding hydrogens is 258 g/mol. The summed E-state index contributed by atoms with van der Waals surface area (Å²) < 4.78 is 0. The lowest BCUT2D eigenvalue weighted by Gasteiger charge is -2.37. The topological polar surface area (TPSA) is 32.3 Å². The van der Waals surface area contributed by atoms with Crippen LogP contribution in [0.3, 0.4) is 0 Å². The summed E-state index contributed by atoms with van der Waals surface area (Å²) in [6.07, 6.45) is 14.3. The van der Waals surface area contributed by atoms with Crippen molar-refractivity contribution in [3.8, 4) is 0 Å². The average Bonchev–Trinajstić information content (AvgIpc) is 2.80. The molecule has 2 atom stereocenters. The molecule has 21 heavy (non-hydrogen) atoms. The third-order valence-electron chi connectivity index (χ3n) is 6.07. The minimum Gasteiger partial charge on any atom is -0.394 e. The van der Waals surface area contributed by atoms with Gasteiger partial charge >= 0.3 is 0 Å². The van der Waals surface area contributed by atoms with Crippen LogP contribution in [0.1, 0.15) is 91.4 Å². The maximum atomic E-state index is 10.1. The predicted octanol–water partition coefficient (Wildman–Crippen LogP) is 4.66. The van der Waals surface area contributed by atoms with Crippen LogP contribution in [-0.4, -0.2) is 23.3 Å². The van der Waals surface area contributed by atoms with Gasteiger partial charge in [0.1, 0.15) is 0 Å². The zero-order valence-corrected chi connectivity index (χ0v) is 14.6. The van der Waals surface area contributed by atoms with Crippen LogP contribution in [0.4, 0.5) is 0 Å². The van der Waals surface area contributed by atoms with Crippen molar-refractivity contribution < 1.29 is 5.11 Å². The van der Waals surface area contributed by atoms with E-state index in [-0.39, 0.29) is 5.54 Å². The molecule has 0 spiro atoms. The van der Waals surface area contributed by atoms with Crippen molar-refractivity contribution in [2.24, 2.45) is 11.3 Å². The summed E-state index contributed by atoms with van der Waals surface area (Å²) in [7, 11) is 0. The molecule has 2 nitrogen and oxygen atoms in total. The van der Waals surface area contributed by atoms with E-state index in [0.29, 0.717) is 18.1 Å². The number of rotatable bonds is 3. The average molecular weight is 296 g/mol. The molecule has 0 aromatic heterocycles. The molecule has 2 aliphatic rings. The fraction of sp³-hybridized carbons (Fsp3) is 1.00. The second kappa shape index (κ2) is 7.46. The van der Waals surface area contributed by atoms with Crippen molar-refractivity contribution in [2.45, 2.75) is 103 Å². The second-order valence-corrected chi connectivity index (χ2v) is 8.77. The second-order valence-electron chi connectivity index (χ2n) is 8.77. The van der Waals surface area contributed by atoms with Gasteiger partial charge < -0.3 is 10.4 Å². The van der Waals surface area contributed by atoms with Crippen LogP contribution in [0.5, 0.6) is 0 Å². The Morgan fingerprint density at radius 1 is 0.905 bits per heavy atom. The lowest BCUT2D eigenvalue weighted by Crippen LogP contribution is -2.52. The van der Waals surface area contributed by atoms with Gasteiger partial charge in [-0.15, -0.1) is 0 Å². The molecule has 2 aliphatic carbocycles. The van der Waals surface area contributed by atoms with Crippen molar-refractivity contribution in [3.63, 3.8) is 0 Å². The summed E-state index contributed by atoms with van der Waals surface area (Å²) in [6.45, 7) is 7.45. The Bertz CT molecular complexity index is 301. The van der Waals surface area contributed by atoms with Gasteiger partial charge in [-0.25, -0.2) is 0 Å². The molecule has 2 saturated carbocycles. The smallest absolute Gasteiger partial charge is 0.0613 e. The van der Waals surface area contributed by atoms with Gasteiger partial charge in [-0.1, -0.05) is 52.9 Å². The van der Waals surface area contributed by atoms with E-state index in [1.165, 1.54) is 57.8 Å². The van der Waals surface area contributed by atoms with E-state index >= 15 is 0 Å². The molecule has 2 heteroatoms. The highest BCUT2D eigenvalue weighted by Crippen LogP contribution is 2.40. The molecular formula is C19H37NO. The molecule has 2 N–H and O–H groups in total. The van der Waals surface area contributed by atoms with Crippen molar-refractivity contribution in [1.29, 1.82) is 0 Å². The first-order chi connectivity index (χ1) is 9.95. The van der Waals surface area contributed by atoms with Gasteiger partial charge in [0.15, 0.2) is 0 Å². The number of hydrogen-bond acceptors (Lipinski definition) is 2. The number of aliphatic hydroxyl groups is 1. The van der Waals surface area contributed by atoms with Crippen LogP contribution in [-0.2, 0) is 0 Å². The molecule has 0 saturated heterocycles. The van der Waals surface area contributed by atoms with Crippen LogP contribution in [0.15, 0.2) is 0 Å². The molecule has 2 rings (SSSR count). The minimum atomic E-state index is 0.00894. The number of aliphatic hydroxyl groups excluding tert-OH is 1. The Morgan fingerprint density at radius 3 is 2.14 bits per heavy atom. The Morgan fingerprint density at radius 2 is 1.57 bits per heavy atom. The first-order valence-electron chi connectivity index (χ1n) is 9.34. The van der Waals surface area contributed by atoms with E-state index in [1.54, 1.807) is 0 Å². The van der Waals surface area contributed by atoms with Crippen LogP contribution in [0, 0.1) is 11.3 Å². The van der Waals surface area contributed by atoms with Gasteiger partial charge in [0.2, 0.25) is 0 Å². The first kappa shape index (κ1) is 17.3. The van der Waals surface area contributed by atoms with Gasteiger partial charge in [-0.2, -0.15) is 0 Å². The molecule has 0 amide bonds. The highest BCUT2D eigenvalue weighted by Gasteiger charge is 2.37. The molecule has 0 aliphatic heterocycles. The Kier molecular flexibility index (Phi) is 6.14. The molecule has 2 unspecified atom stereocenters. The summed E-state index contributed by atoms with van der Waals surface area (Å²) >= 11 is 0. The lowest BCUT2D eigenvalue weighted by atomic mass is 9.76. The molecule has 0 radical (unpaired) electrons. The van der Waals surface area contributed by atoms with E-state index in [1.807, 2.05) is 0 Å². The van der Waals surface area contributed by atoms with Crippen molar-refractivity contribution in [3.05, 3.63) is 0 Å². The Balaban J connectivity index is 1.96. The molecule has 0 heterocycles. The molecule has 0 aromatic rings. The summed E-state index contributed by atoms with van der Waals surface area (Å²) in [4.78, 5) is 0. The summed E-state index contributed by atoms with van der Waals surface area (Å²) in [5, 5.41) is 14.0. The maximum absolute atomic E-state index is 10.1. The van der Waals surface area contributed by atoms with Crippen LogP contribution >= 0.6 is 0 Å². The molecule has 0 aromatic carbocycles. The zero-order chi connectivity index (χ0) is 15.3. The quantitative estimate of drug-likeness (QED) is 0.742. The fourth-order valence-electron chi connectivity index (χ4n) is 4.48. The number of nitrogens with one attached hydrogen (secondary N) is 1. The Hall–Kier alpha value is -0.0800. The monoisotopic (exact) mass is 295 g/mol. The summed E-state index contributed by atoms with van der Waals surface area (Å²) in [5.41, 5.74) is 0.420. The van der Waals surface area contributed by atoms with E-state index in [2.05, 4.69) is 26.1 Å². The lowest BCUT2D eigenvalue weighted by molar-refractivity contribution is 0.122. The van der Waals surface area contributed by atoms with E-state index in [9.17, 15) is 5.11 Å². The predicted molar refractivity (Wildman–Crippen MR) is 90.5 cm³/mol. The maximum Gasteiger partial charge on any atom is 0.0613 e. The minimum absolute atomic E-state index is 0.00894. The standard InChI is InChI=1S/C19H37NO/c1-18(2,3)16-9-8-13-19(15-21,14-12-16)20-17-10-6-4-5-7-11-17/h16-17,20-21H,4-15H2,1-3H3. The van der Waals surface area contributed by atoms with Crippen LogP contribution in [0.2, 0.25) is 0 Å². The summed E-state index contributed by atoms with van der Waals surface area (Å²) in [6, 6.07) is 0.644. The fourth-order valence-corrected chi connectivity index (χ4v) is 4.48. The van der Waals surface area contributed by atoms with Crippen molar-refractivity contribution in [2.75, 3.05) is 6.61 Å². The highest BCUT2D eigenvalue weighted by atomic mass is 16.3. The highest BCUT2D eigenvalue weighted by molar-refractivity contribution is 4.94. The molecule has 124 valence electrons. The summed E-state index contributed by atoms with van der Waals surface area (Å²) in [5.74, 6) is 0.807. The number of hydrogen-bond donors (Lipinski definition) is 2. The van der Waals surface area contributed by atoms with E-state index in [0.717, 1.165) is 18.8 Å². The largest absolute Gasteiger partial charge is 0.394 e. The van der Waals surface area contributed by atoms with E-state index in [4.69, 9.17) is 0 Å². The third-order valence-corrected chi connectivity index (χ3v) is 6.07. The molecule has 2 fully saturated rings. The normalized spacial score (nSPS) is 33.4. The van der Waals surface area contributed by atoms with E-state index < -0.39 is 0 Å².